The summed E-state index contributed by atoms with van der Waals surface area (Å²) < 4.78 is 0. The van der Waals surface area contributed by atoms with Crippen LogP contribution in [0.2, 0.25) is 0 Å². The topological polar surface area (TPSA) is 69.6 Å². The number of phenolic OH excluding ortho intramolecular Hbond substituents is 1. The van der Waals surface area contributed by atoms with Crippen molar-refractivity contribution >= 4 is 17.5 Å². The summed E-state index contributed by atoms with van der Waals surface area (Å²) in [5.74, 6) is -0.0866. The number of carbonyl (C=O) groups is 2. The van der Waals surface area contributed by atoms with Crippen LogP contribution in [0.1, 0.15) is 41.2 Å². The fraction of sp³-hybridized carbons (Fsp3) is 0.238. The van der Waals surface area contributed by atoms with Gasteiger partial charge in [-0.1, -0.05) is 18.7 Å². The molecule has 2 N–H and O–H groups in total. The fourth-order valence-electron chi connectivity index (χ4n) is 3.27. The SMILES string of the molecule is C=CC(=O)Nc1ccc(C(=O)N2CCCCC2c2ccc(O)cc2)cc1. The lowest BCUT2D eigenvalue weighted by Gasteiger charge is -2.36. The van der Waals surface area contributed by atoms with Crippen LogP contribution < -0.4 is 5.32 Å². The van der Waals surface area contributed by atoms with E-state index in [1.807, 2.05) is 17.0 Å². The van der Waals surface area contributed by atoms with E-state index in [4.69, 9.17) is 0 Å². The lowest BCUT2D eigenvalue weighted by atomic mass is 9.94. The molecule has 5 nitrogen and oxygen atoms in total. The van der Waals surface area contributed by atoms with Gasteiger partial charge in [0.15, 0.2) is 0 Å². The van der Waals surface area contributed by atoms with Gasteiger partial charge < -0.3 is 15.3 Å². The molecule has 5 heteroatoms. The van der Waals surface area contributed by atoms with E-state index < -0.39 is 0 Å². The first kappa shape index (κ1) is 17.7. The summed E-state index contributed by atoms with van der Waals surface area (Å²) in [6.45, 7) is 4.13. The molecule has 26 heavy (non-hydrogen) atoms. The summed E-state index contributed by atoms with van der Waals surface area (Å²) in [7, 11) is 0. The van der Waals surface area contributed by atoms with Gasteiger partial charge in [0, 0.05) is 17.8 Å². The van der Waals surface area contributed by atoms with Crippen molar-refractivity contribution in [2.75, 3.05) is 11.9 Å². The molecule has 2 amide bonds. The zero-order valence-corrected chi connectivity index (χ0v) is 14.5. The average molecular weight is 350 g/mol. The molecule has 1 atom stereocenters. The Morgan fingerprint density at radius 3 is 2.42 bits per heavy atom. The quantitative estimate of drug-likeness (QED) is 0.822. The molecule has 0 aromatic heterocycles. The third-order valence-electron chi connectivity index (χ3n) is 4.63. The molecule has 3 rings (SSSR count). The highest BCUT2D eigenvalue weighted by molar-refractivity contribution is 5.99. The monoisotopic (exact) mass is 350 g/mol. The van der Waals surface area contributed by atoms with Gasteiger partial charge in [0.05, 0.1) is 6.04 Å². The maximum absolute atomic E-state index is 13.0. The van der Waals surface area contributed by atoms with E-state index in [-0.39, 0.29) is 23.6 Å². The second kappa shape index (κ2) is 7.87. The molecule has 0 radical (unpaired) electrons. The van der Waals surface area contributed by atoms with E-state index in [1.165, 1.54) is 6.08 Å². The normalized spacial score (nSPS) is 16.8. The predicted octanol–water partition coefficient (Wildman–Crippen LogP) is 3.88. The highest BCUT2D eigenvalue weighted by Gasteiger charge is 2.28. The standard InChI is InChI=1S/C21H22N2O3/c1-2-20(25)22-17-10-6-16(7-11-17)21(26)23-14-4-3-5-19(23)15-8-12-18(24)13-9-15/h2,6-13,19,24H,1,3-5,14H2,(H,22,25). The van der Waals surface area contributed by atoms with E-state index in [0.717, 1.165) is 24.8 Å². The van der Waals surface area contributed by atoms with Crippen LogP contribution in [-0.4, -0.2) is 28.4 Å². The summed E-state index contributed by atoms with van der Waals surface area (Å²) in [6, 6.07) is 14.0. The van der Waals surface area contributed by atoms with Gasteiger partial charge >= 0.3 is 0 Å². The van der Waals surface area contributed by atoms with Crippen LogP contribution in [0.4, 0.5) is 5.69 Å². The number of piperidine rings is 1. The van der Waals surface area contributed by atoms with Crippen LogP contribution in [-0.2, 0) is 4.79 Å². The van der Waals surface area contributed by atoms with Gasteiger partial charge in [-0.15, -0.1) is 0 Å². The van der Waals surface area contributed by atoms with Gasteiger partial charge in [-0.25, -0.2) is 0 Å². The molecule has 1 heterocycles. The van der Waals surface area contributed by atoms with Gasteiger partial charge in [0.1, 0.15) is 5.75 Å². The number of rotatable bonds is 4. The van der Waals surface area contributed by atoms with Crippen molar-refractivity contribution in [1.82, 2.24) is 4.90 Å². The minimum absolute atomic E-state index is 0.0111. The number of benzene rings is 2. The largest absolute Gasteiger partial charge is 0.508 e. The number of anilines is 1. The second-order valence-corrected chi connectivity index (χ2v) is 6.37. The first-order chi connectivity index (χ1) is 12.6. The smallest absolute Gasteiger partial charge is 0.254 e. The Labute approximate surface area is 153 Å². The van der Waals surface area contributed by atoms with Crippen molar-refractivity contribution in [3.05, 3.63) is 72.3 Å². The van der Waals surface area contributed by atoms with E-state index in [1.54, 1.807) is 36.4 Å². The summed E-state index contributed by atoms with van der Waals surface area (Å²) in [5.41, 5.74) is 2.25. The number of nitrogens with one attached hydrogen (secondary N) is 1. The molecule has 1 fully saturated rings. The highest BCUT2D eigenvalue weighted by atomic mass is 16.3. The third kappa shape index (κ3) is 3.94. The lowest BCUT2D eigenvalue weighted by molar-refractivity contribution is -0.111. The maximum Gasteiger partial charge on any atom is 0.254 e. The number of hydrogen-bond donors (Lipinski definition) is 2. The van der Waals surface area contributed by atoms with Crippen molar-refractivity contribution < 1.29 is 14.7 Å². The van der Waals surface area contributed by atoms with Crippen LogP contribution in [0, 0.1) is 0 Å². The van der Waals surface area contributed by atoms with E-state index in [2.05, 4.69) is 11.9 Å². The molecule has 1 saturated heterocycles. The molecule has 0 saturated carbocycles. The van der Waals surface area contributed by atoms with E-state index in [9.17, 15) is 14.7 Å². The number of carbonyl (C=O) groups excluding carboxylic acids is 2. The predicted molar refractivity (Wildman–Crippen MR) is 101 cm³/mol. The van der Waals surface area contributed by atoms with Crippen LogP contribution >= 0.6 is 0 Å². The molecule has 0 spiro atoms. The molecule has 0 bridgehead atoms. The zero-order valence-electron chi connectivity index (χ0n) is 14.5. The van der Waals surface area contributed by atoms with Crippen LogP contribution in [0.5, 0.6) is 5.75 Å². The van der Waals surface area contributed by atoms with Gasteiger partial charge in [0.25, 0.3) is 5.91 Å². The molecule has 2 aromatic carbocycles. The van der Waals surface area contributed by atoms with Gasteiger partial charge in [-0.3, -0.25) is 9.59 Å². The third-order valence-corrected chi connectivity index (χ3v) is 4.63. The number of hydrogen-bond acceptors (Lipinski definition) is 3. The summed E-state index contributed by atoms with van der Waals surface area (Å²) in [6.07, 6.45) is 4.16. The Balaban J connectivity index is 1.79. The zero-order chi connectivity index (χ0) is 18.5. The molecule has 1 aliphatic heterocycles. The Kier molecular flexibility index (Phi) is 5.37. The maximum atomic E-state index is 13.0. The number of likely N-dealkylation sites (tertiary alicyclic amines) is 1. The van der Waals surface area contributed by atoms with Crippen molar-refractivity contribution in [2.45, 2.75) is 25.3 Å². The van der Waals surface area contributed by atoms with Crippen molar-refractivity contribution in [1.29, 1.82) is 0 Å². The Bertz CT molecular complexity index is 797. The van der Waals surface area contributed by atoms with Gasteiger partial charge in [0.2, 0.25) is 5.91 Å². The van der Waals surface area contributed by atoms with E-state index >= 15 is 0 Å². The first-order valence-corrected chi connectivity index (χ1v) is 8.72. The number of aromatic hydroxyl groups is 1. The van der Waals surface area contributed by atoms with Crippen molar-refractivity contribution in [3.8, 4) is 5.75 Å². The van der Waals surface area contributed by atoms with Crippen LogP contribution in [0.25, 0.3) is 0 Å². The van der Waals surface area contributed by atoms with Gasteiger partial charge in [-0.05, 0) is 67.3 Å². The Morgan fingerprint density at radius 1 is 1.08 bits per heavy atom. The Hall–Kier alpha value is -3.08. The molecule has 0 aliphatic carbocycles. The molecular formula is C21H22N2O3. The van der Waals surface area contributed by atoms with Crippen LogP contribution in [0.3, 0.4) is 0 Å². The molecular weight excluding hydrogens is 328 g/mol. The van der Waals surface area contributed by atoms with Crippen molar-refractivity contribution in [2.24, 2.45) is 0 Å². The highest BCUT2D eigenvalue weighted by Crippen LogP contribution is 2.33. The average Bonchev–Trinajstić information content (AvgIpc) is 2.68. The van der Waals surface area contributed by atoms with Crippen LogP contribution in [0.15, 0.2) is 61.2 Å². The Morgan fingerprint density at radius 2 is 1.77 bits per heavy atom. The summed E-state index contributed by atoms with van der Waals surface area (Å²) in [5, 5.41) is 12.2. The molecule has 134 valence electrons. The lowest BCUT2D eigenvalue weighted by Crippen LogP contribution is -2.38. The minimum atomic E-state index is -0.285. The number of phenols is 1. The number of nitrogens with zero attached hydrogens (tertiary/aromatic N) is 1. The molecule has 1 unspecified atom stereocenters. The van der Waals surface area contributed by atoms with E-state index in [0.29, 0.717) is 17.8 Å². The minimum Gasteiger partial charge on any atom is -0.508 e. The van der Waals surface area contributed by atoms with Crippen molar-refractivity contribution in [3.63, 3.8) is 0 Å². The number of amides is 2. The first-order valence-electron chi connectivity index (χ1n) is 8.72. The summed E-state index contributed by atoms with van der Waals surface area (Å²) >= 11 is 0. The second-order valence-electron chi connectivity index (χ2n) is 6.37. The fourth-order valence-corrected chi connectivity index (χ4v) is 3.27. The summed E-state index contributed by atoms with van der Waals surface area (Å²) in [4.78, 5) is 26.3. The van der Waals surface area contributed by atoms with Gasteiger partial charge in [-0.2, -0.15) is 0 Å². The molecule has 1 aliphatic rings. The molecule has 2 aromatic rings.